The topological polar surface area (TPSA) is 58.6 Å². The van der Waals surface area contributed by atoms with E-state index in [2.05, 4.69) is 5.32 Å². The minimum atomic E-state index is -0.303. The molecule has 0 bridgehead atoms. The molecule has 1 atom stereocenters. The number of aryl methyl sites for hydroxylation is 1. The number of hydrogen-bond donors (Lipinski definition) is 1. The molecule has 1 heterocycles. The molecule has 1 N–H and O–H groups in total. The Bertz CT molecular complexity index is 805. The van der Waals surface area contributed by atoms with E-state index in [1.54, 1.807) is 23.1 Å². The minimum Gasteiger partial charge on any atom is -0.496 e. The molecule has 2 amide bonds. The average molecular weight is 359 g/mol. The molecular weight excluding hydrogens is 340 g/mol. The first kappa shape index (κ1) is 17.3. The second kappa shape index (κ2) is 7.15. The van der Waals surface area contributed by atoms with Crippen LogP contribution in [0.25, 0.3) is 0 Å². The van der Waals surface area contributed by atoms with Crippen LogP contribution in [0.2, 0.25) is 5.02 Å². The van der Waals surface area contributed by atoms with Crippen molar-refractivity contribution in [3.05, 3.63) is 58.6 Å². The fraction of sp³-hybridized carbons (Fsp3) is 0.263. The predicted molar refractivity (Wildman–Crippen MR) is 97.4 cm³/mol. The van der Waals surface area contributed by atoms with E-state index in [1.807, 2.05) is 31.2 Å². The summed E-state index contributed by atoms with van der Waals surface area (Å²) < 4.78 is 5.21. The molecule has 5 nitrogen and oxygen atoms in total. The Hall–Kier alpha value is -2.53. The third kappa shape index (κ3) is 3.77. The first-order valence-corrected chi connectivity index (χ1v) is 8.37. The first-order chi connectivity index (χ1) is 12.0. The lowest BCUT2D eigenvalue weighted by Crippen LogP contribution is -2.37. The van der Waals surface area contributed by atoms with E-state index in [-0.39, 0.29) is 24.3 Å². The van der Waals surface area contributed by atoms with Crippen LogP contribution in [0.4, 0.5) is 5.69 Å². The Labute approximate surface area is 151 Å². The van der Waals surface area contributed by atoms with Gasteiger partial charge in [0.15, 0.2) is 0 Å². The second-order valence-corrected chi connectivity index (χ2v) is 6.50. The Morgan fingerprint density at radius 3 is 2.64 bits per heavy atom. The Morgan fingerprint density at radius 1 is 1.24 bits per heavy atom. The van der Waals surface area contributed by atoms with Crippen LogP contribution in [-0.2, 0) is 4.79 Å². The highest BCUT2D eigenvalue weighted by atomic mass is 35.5. The van der Waals surface area contributed by atoms with Crippen LogP contribution in [-0.4, -0.2) is 31.5 Å². The molecule has 6 heteroatoms. The van der Waals surface area contributed by atoms with Crippen molar-refractivity contribution >= 4 is 29.1 Å². The lowest BCUT2D eigenvalue weighted by atomic mass is 10.1. The highest BCUT2D eigenvalue weighted by Crippen LogP contribution is 2.25. The van der Waals surface area contributed by atoms with E-state index in [0.717, 1.165) is 11.3 Å². The van der Waals surface area contributed by atoms with Gasteiger partial charge in [0.2, 0.25) is 5.91 Å². The molecule has 1 aliphatic heterocycles. The fourth-order valence-electron chi connectivity index (χ4n) is 2.90. The molecule has 1 aliphatic rings. The summed E-state index contributed by atoms with van der Waals surface area (Å²) in [5, 5.41) is 3.35. The van der Waals surface area contributed by atoms with E-state index in [4.69, 9.17) is 16.3 Å². The van der Waals surface area contributed by atoms with Crippen molar-refractivity contribution in [1.29, 1.82) is 0 Å². The molecule has 1 saturated heterocycles. The molecule has 130 valence electrons. The van der Waals surface area contributed by atoms with Gasteiger partial charge < -0.3 is 15.0 Å². The van der Waals surface area contributed by atoms with Gasteiger partial charge in [0.05, 0.1) is 18.7 Å². The number of nitrogens with one attached hydrogen (secondary N) is 1. The van der Waals surface area contributed by atoms with Crippen LogP contribution in [0.5, 0.6) is 5.75 Å². The van der Waals surface area contributed by atoms with E-state index in [1.165, 1.54) is 7.11 Å². The molecule has 3 rings (SSSR count). The zero-order valence-corrected chi connectivity index (χ0v) is 14.8. The van der Waals surface area contributed by atoms with E-state index >= 15 is 0 Å². The Balaban J connectivity index is 1.72. The maximum Gasteiger partial charge on any atom is 0.255 e. The molecule has 0 aromatic heterocycles. The Morgan fingerprint density at radius 2 is 1.96 bits per heavy atom. The number of methoxy groups -OCH3 is 1. The predicted octanol–water partition coefficient (Wildman–Crippen LogP) is 3.19. The quantitative estimate of drug-likeness (QED) is 0.913. The highest BCUT2D eigenvalue weighted by molar-refractivity contribution is 6.31. The Kier molecular flexibility index (Phi) is 4.95. The molecule has 0 spiro atoms. The monoisotopic (exact) mass is 358 g/mol. The highest BCUT2D eigenvalue weighted by Gasteiger charge is 2.32. The summed E-state index contributed by atoms with van der Waals surface area (Å²) in [7, 11) is 1.50. The summed E-state index contributed by atoms with van der Waals surface area (Å²) in [6.45, 7) is 2.44. The second-order valence-electron chi connectivity index (χ2n) is 6.06. The van der Waals surface area contributed by atoms with Gasteiger partial charge in [-0.15, -0.1) is 0 Å². The van der Waals surface area contributed by atoms with Gasteiger partial charge in [-0.2, -0.15) is 0 Å². The lowest BCUT2D eigenvalue weighted by Gasteiger charge is -2.18. The molecule has 1 unspecified atom stereocenters. The lowest BCUT2D eigenvalue weighted by molar-refractivity contribution is -0.117. The van der Waals surface area contributed by atoms with Gasteiger partial charge in [0.25, 0.3) is 5.91 Å². The summed E-state index contributed by atoms with van der Waals surface area (Å²) in [5.74, 6) is 0.136. The number of ether oxygens (including phenoxy) is 1. The molecule has 25 heavy (non-hydrogen) atoms. The summed E-state index contributed by atoms with van der Waals surface area (Å²) in [5.41, 5.74) is 2.33. The van der Waals surface area contributed by atoms with Gasteiger partial charge in [-0.25, -0.2) is 0 Å². The van der Waals surface area contributed by atoms with Crippen LogP contribution >= 0.6 is 11.6 Å². The van der Waals surface area contributed by atoms with E-state index < -0.39 is 0 Å². The SMILES string of the molecule is COc1ccc(Cl)cc1C(=O)NC1CC(=O)N(c2ccc(C)cc2)C1. The zero-order chi connectivity index (χ0) is 18.0. The number of anilines is 1. The third-order valence-electron chi connectivity index (χ3n) is 4.21. The number of halogens is 1. The number of carbonyl (C=O) groups is 2. The molecule has 1 fully saturated rings. The van der Waals surface area contributed by atoms with E-state index in [0.29, 0.717) is 22.9 Å². The molecule has 0 saturated carbocycles. The summed E-state index contributed by atoms with van der Waals surface area (Å²) >= 11 is 5.98. The standard InChI is InChI=1S/C19H19ClN2O3/c1-12-3-6-15(7-4-12)22-11-14(10-18(22)23)21-19(24)16-9-13(20)5-8-17(16)25-2/h3-9,14H,10-11H2,1-2H3,(H,21,24). The van der Waals surface area contributed by atoms with Crippen molar-refractivity contribution in [3.63, 3.8) is 0 Å². The van der Waals surface area contributed by atoms with Crippen molar-refractivity contribution in [2.75, 3.05) is 18.6 Å². The van der Waals surface area contributed by atoms with Crippen molar-refractivity contribution in [3.8, 4) is 5.75 Å². The minimum absolute atomic E-state index is 0.00721. The maximum absolute atomic E-state index is 12.5. The molecule has 2 aromatic carbocycles. The first-order valence-electron chi connectivity index (χ1n) is 7.99. The zero-order valence-electron chi connectivity index (χ0n) is 14.1. The normalized spacial score (nSPS) is 16.8. The van der Waals surface area contributed by atoms with Crippen LogP contribution < -0.4 is 15.0 Å². The van der Waals surface area contributed by atoms with Crippen molar-refractivity contribution < 1.29 is 14.3 Å². The number of hydrogen-bond acceptors (Lipinski definition) is 3. The fourth-order valence-corrected chi connectivity index (χ4v) is 3.07. The van der Waals surface area contributed by atoms with Crippen LogP contribution in [0, 0.1) is 6.92 Å². The molecule has 0 radical (unpaired) electrons. The number of rotatable bonds is 4. The smallest absolute Gasteiger partial charge is 0.255 e. The van der Waals surface area contributed by atoms with Gasteiger partial charge >= 0.3 is 0 Å². The van der Waals surface area contributed by atoms with Crippen molar-refractivity contribution in [2.24, 2.45) is 0 Å². The number of benzene rings is 2. The average Bonchev–Trinajstić information content (AvgIpc) is 2.95. The largest absolute Gasteiger partial charge is 0.496 e. The summed E-state index contributed by atoms with van der Waals surface area (Å²) in [4.78, 5) is 26.5. The van der Waals surface area contributed by atoms with Crippen molar-refractivity contribution in [2.45, 2.75) is 19.4 Å². The number of nitrogens with zero attached hydrogens (tertiary/aromatic N) is 1. The number of amides is 2. The molecular formula is C19H19ClN2O3. The summed E-state index contributed by atoms with van der Waals surface area (Å²) in [6, 6.07) is 12.4. The number of carbonyl (C=O) groups excluding carboxylic acids is 2. The van der Waals surface area contributed by atoms with Crippen LogP contribution in [0.1, 0.15) is 22.3 Å². The van der Waals surface area contributed by atoms with Gasteiger partial charge in [-0.1, -0.05) is 29.3 Å². The van der Waals surface area contributed by atoms with Crippen LogP contribution in [0.15, 0.2) is 42.5 Å². The van der Waals surface area contributed by atoms with Crippen molar-refractivity contribution in [1.82, 2.24) is 5.32 Å². The maximum atomic E-state index is 12.5. The van der Waals surface area contributed by atoms with Gasteiger partial charge in [-0.05, 0) is 37.3 Å². The van der Waals surface area contributed by atoms with Gasteiger partial charge in [0.1, 0.15) is 5.75 Å². The van der Waals surface area contributed by atoms with Crippen LogP contribution in [0.3, 0.4) is 0 Å². The van der Waals surface area contributed by atoms with E-state index in [9.17, 15) is 9.59 Å². The molecule has 2 aromatic rings. The molecule has 0 aliphatic carbocycles. The van der Waals surface area contributed by atoms with Gasteiger partial charge in [-0.3, -0.25) is 9.59 Å². The van der Waals surface area contributed by atoms with Gasteiger partial charge in [0, 0.05) is 23.7 Å². The third-order valence-corrected chi connectivity index (χ3v) is 4.45. The summed E-state index contributed by atoms with van der Waals surface area (Å²) in [6.07, 6.45) is 0.266.